The highest BCUT2D eigenvalue weighted by Crippen LogP contribution is 2.32. The predicted octanol–water partition coefficient (Wildman–Crippen LogP) is 2.57. The minimum atomic E-state index is -0.473. The molecule has 1 aromatic rings. The van der Waals surface area contributed by atoms with Gasteiger partial charge in [-0.05, 0) is 27.8 Å². The lowest BCUT2D eigenvalue weighted by atomic mass is 9.89. The molecule has 0 amide bonds. The van der Waals surface area contributed by atoms with Crippen LogP contribution in [-0.4, -0.2) is 28.2 Å². The fraction of sp³-hybridized carbons (Fsp3) is 0.545. The van der Waals surface area contributed by atoms with Gasteiger partial charge in [-0.1, -0.05) is 13.8 Å². The molecule has 0 aliphatic heterocycles. The van der Waals surface area contributed by atoms with Crippen molar-refractivity contribution in [1.82, 2.24) is 4.98 Å². The van der Waals surface area contributed by atoms with E-state index in [0.29, 0.717) is 23.1 Å². The highest BCUT2D eigenvalue weighted by atomic mass is 79.9. The molecule has 1 aromatic heterocycles. The third kappa shape index (κ3) is 3.92. The Morgan fingerprint density at radius 3 is 2.78 bits per heavy atom. The van der Waals surface area contributed by atoms with E-state index in [0.717, 1.165) is 0 Å². The maximum absolute atomic E-state index is 10.9. The van der Waals surface area contributed by atoms with Crippen molar-refractivity contribution in [2.45, 2.75) is 20.3 Å². The van der Waals surface area contributed by atoms with Crippen LogP contribution in [0.4, 0.5) is 11.4 Å². The number of pyridine rings is 1. The van der Waals surface area contributed by atoms with Crippen LogP contribution in [-0.2, 0) is 0 Å². The van der Waals surface area contributed by atoms with Crippen molar-refractivity contribution < 1.29 is 10.0 Å². The molecule has 0 radical (unpaired) electrons. The summed E-state index contributed by atoms with van der Waals surface area (Å²) in [6.45, 7) is 4.58. The first-order valence-corrected chi connectivity index (χ1v) is 6.29. The van der Waals surface area contributed by atoms with Gasteiger partial charge in [0.25, 0.3) is 0 Å². The quantitative estimate of drug-likeness (QED) is 0.622. The second-order valence-corrected chi connectivity index (χ2v) is 5.62. The molecule has 0 spiro atoms. The van der Waals surface area contributed by atoms with Crippen molar-refractivity contribution in [1.29, 1.82) is 0 Å². The van der Waals surface area contributed by atoms with Gasteiger partial charge >= 0.3 is 5.69 Å². The highest BCUT2D eigenvalue weighted by Gasteiger charge is 2.21. The van der Waals surface area contributed by atoms with Gasteiger partial charge in [0.15, 0.2) is 0 Å². The molecule has 0 atom stereocenters. The number of nitro groups is 1. The predicted molar refractivity (Wildman–Crippen MR) is 72.6 cm³/mol. The summed E-state index contributed by atoms with van der Waals surface area (Å²) in [7, 11) is 0. The molecule has 1 heterocycles. The maximum atomic E-state index is 10.9. The van der Waals surface area contributed by atoms with Crippen LogP contribution >= 0.6 is 15.9 Å². The number of aliphatic hydroxyl groups excluding tert-OH is 1. The number of hydrogen-bond donors (Lipinski definition) is 2. The average molecular weight is 318 g/mol. The van der Waals surface area contributed by atoms with Crippen LogP contribution in [0.2, 0.25) is 0 Å². The van der Waals surface area contributed by atoms with Crippen molar-refractivity contribution in [3.05, 3.63) is 27.0 Å². The summed E-state index contributed by atoms with van der Waals surface area (Å²) in [4.78, 5) is 14.2. The molecule has 7 heteroatoms. The lowest BCUT2D eigenvalue weighted by Crippen LogP contribution is -2.24. The molecule has 1 rings (SSSR count). The summed E-state index contributed by atoms with van der Waals surface area (Å²) in [5.74, 6) is 0. The number of rotatable bonds is 6. The molecule has 0 unspecified atom stereocenters. The number of nitrogens with zero attached hydrogens (tertiary/aromatic N) is 2. The molecule has 0 aliphatic rings. The largest absolute Gasteiger partial charge is 0.396 e. The fourth-order valence-electron chi connectivity index (χ4n) is 1.46. The zero-order valence-corrected chi connectivity index (χ0v) is 11.9. The van der Waals surface area contributed by atoms with Gasteiger partial charge in [-0.25, -0.2) is 0 Å². The van der Waals surface area contributed by atoms with E-state index >= 15 is 0 Å². The maximum Gasteiger partial charge on any atom is 0.311 e. The molecule has 0 saturated heterocycles. The van der Waals surface area contributed by atoms with Gasteiger partial charge < -0.3 is 10.4 Å². The van der Waals surface area contributed by atoms with Crippen LogP contribution in [0.1, 0.15) is 20.3 Å². The number of aliphatic hydroxyl groups is 1. The monoisotopic (exact) mass is 317 g/mol. The first kappa shape index (κ1) is 14.8. The van der Waals surface area contributed by atoms with Crippen molar-refractivity contribution in [2.24, 2.45) is 5.41 Å². The van der Waals surface area contributed by atoms with Crippen LogP contribution in [0.3, 0.4) is 0 Å². The van der Waals surface area contributed by atoms with Crippen molar-refractivity contribution in [3.8, 4) is 0 Å². The summed E-state index contributed by atoms with van der Waals surface area (Å²) in [5.41, 5.74) is 0.205. The van der Waals surface area contributed by atoms with Gasteiger partial charge in [-0.3, -0.25) is 15.1 Å². The van der Waals surface area contributed by atoms with Crippen molar-refractivity contribution >= 4 is 27.3 Å². The molecule has 0 saturated carbocycles. The van der Waals surface area contributed by atoms with E-state index in [1.807, 2.05) is 13.8 Å². The van der Waals surface area contributed by atoms with Gasteiger partial charge in [-0.15, -0.1) is 0 Å². The van der Waals surface area contributed by atoms with Gasteiger partial charge in [0.05, 0.1) is 9.40 Å². The third-order valence-corrected chi connectivity index (χ3v) is 3.21. The number of hydrogen-bond acceptors (Lipinski definition) is 5. The Labute approximate surface area is 114 Å². The van der Waals surface area contributed by atoms with E-state index in [9.17, 15) is 10.1 Å². The Kier molecular flexibility index (Phi) is 5.03. The van der Waals surface area contributed by atoms with Gasteiger partial charge in [0, 0.05) is 19.3 Å². The summed E-state index contributed by atoms with van der Waals surface area (Å²) in [6.07, 6.45) is 3.34. The van der Waals surface area contributed by atoms with E-state index < -0.39 is 4.92 Å². The summed E-state index contributed by atoms with van der Waals surface area (Å²) >= 11 is 3.24. The topological polar surface area (TPSA) is 88.3 Å². The minimum Gasteiger partial charge on any atom is -0.396 e. The van der Waals surface area contributed by atoms with Crippen LogP contribution in [0.5, 0.6) is 0 Å². The zero-order valence-electron chi connectivity index (χ0n) is 10.3. The molecular weight excluding hydrogens is 302 g/mol. The Morgan fingerprint density at radius 2 is 2.22 bits per heavy atom. The molecule has 100 valence electrons. The fourth-order valence-corrected chi connectivity index (χ4v) is 1.92. The SMILES string of the molecule is CC(C)(CCO)CNc1c(Br)cncc1[N+](=O)[O-]. The van der Waals surface area contributed by atoms with E-state index in [2.05, 4.69) is 26.2 Å². The number of anilines is 1. The summed E-state index contributed by atoms with van der Waals surface area (Å²) in [6, 6.07) is 0. The molecule has 0 fully saturated rings. The third-order valence-electron chi connectivity index (χ3n) is 2.61. The zero-order chi connectivity index (χ0) is 13.8. The average Bonchev–Trinajstić information content (AvgIpc) is 2.26. The second-order valence-electron chi connectivity index (χ2n) is 4.76. The molecule has 6 nitrogen and oxygen atoms in total. The molecule has 0 bridgehead atoms. The van der Waals surface area contributed by atoms with Crippen LogP contribution in [0, 0.1) is 15.5 Å². The smallest absolute Gasteiger partial charge is 0.311 e. The highest BCUT2D eigenvalue weighted by molar-refractivity contribution is 9.10. The molecule has 18 heavy (non-hydrogen) atoms. The molecule has 2 N–H and O–H groups in total. The number of halogens is 1. The van der Waals surface area contributed by atoms with Gasteiger partial charge in [-0.2, -0.15) is 0 Å². The Morgan fingerprint density at radius 1 is 1.56 bits per heavy atom. The lowest BCUT2D eigenvalue weighted by Gasteiger charge is -2.24. The van der Waals surface area contributed by atoms with Crippen LogP contribution in [0.25, 0.3) is 0 Å². The molecular formula is C11H16BrN3O3. The summed E-state index contributed by atoms with van der Waals surface area (Å²) in [5, 5.41) is 22.9. The van der Waals surface area contributed by atoms with Crippen LogP contribution in [0.15, 0.2) is 16.9 Å². The standard InChI is InChI=1S/C11H16BrN3O3/c1-11(2,3-4-16)7-14-10-8(12)5-13-6-9(10)15(17)18/h5-6,16H,3-4,7H2,1-2H3,(H,13,14). The Balaban J connectivity index is 2.87. The number of nitrogens with one attached hydrogen (secondary N) is 1. The normalized spacial score (nSPS) is 11.3. The first-order chi connectivity index (χ1) is 8.37. The Hall–Kier alpha value is -1.21. The molecule has 0 aliphatic carbocycles. The summed E-state index contributed by atoms with van der Waals surface area (Å²) < 4.78 is 0.552. The van der Waals surface area contributed by atoms with Crippen molar-refractivity contribution in [3.63, 3.8) is 0 Å². The number of aromatic nitrogens is 1. The van der Waals surface area contributed by atoms with E-state index in [-0.39, 0.29) is 17.7 Å². The van der Waals surface area contributed by atoms with Crippen LogP contribution < -0.4 is 5.32 Å². The van der Waals surface area contributed by atoms with E-state index in [1.54, 1.807) is 0 Å². The van der Waals surface area contributed by atoms with E-state index in [1.165, 1.54) is 12.4 Å². The molecule has 0 aromatic carbocycles. The van der Waals surface area contributed by atoms with Gasteiger partial charge in [0.2, 0.25) is 0 Å². The van der Waals surface area contributed by atoms with Gasteiger partial charge in [0.1, 0.15) is 11.9 Å². The van der Waals surface area contributed by atoms with Crippen molar-refractivity contribution in [2.75, 3.05) is 18.5 Å². The van der Waals surface area contributed by atoms with E-state index in [4.69, 9.17) is 5.11 Å². The lowest BCUT2D eigenvalue weighted by molar-refractivity contribution is -0.384. The second kappa shape index (κ2) is 6.10. The minimum absolute atomic E-state index is 0.0656. The Bertz CT molecular complexity index is 438. The first-order valence-electron chi connectivity index (χ1n) is 5.50.